The Morgan fingerprint density at radius 3 is 1.90 bits per heavy atom. The van der Waals surface area contributed by atoms with E-state index in [4.69, 9.17) is 4.74 Å². The van der Waals surface area contributed by atoms with Crippen molar-refractivity contribution in [1.29, 1.82) is 0 Å². The van der Waals surface area contributed by atoms with Gasteiger partial charge in [0.25, 0.3) is 0 Å². The zero-order valence-corrected chi connectivity index (χ0v) is 23.4. The Labute approximate surface area is 232 Å². The van der Waals surface area contributed by atoms with Crippen molar-refractivity contribution in [3.63, 3.8) is 0 Å². The molecule has 1 amide bonds. The summed E-state index contributed by atoms with van der Waals surface area (Å²) in [6.45, 7) is 7.25. The molecule has 4 rings (SSSR count). The minimum Gasteiger partial charge on any atom is -0.465 e. The second-order valence-corrected chi connectivity index (χ2v) is 11.0. The van der Waals surface area contributed by atoms with Crippen molar-refractivity contribution in [2.24, 2.45) is 5.92 Å². The van der Waals surface area contributed by atoms with Gasteiger partial charge in [0.05, 0.1) is 12.0 Å². The summed E-state index contributed by atoms with van der Waals surface area (Å²) >= 11 is 0. The van der Waals surface area contributed by atoms with Gasteiger partial charge in [0, 0.05) is 19.5 Å². The molecule has 0 unspecified atom stereocenters. The molecule has 0 aliphatic carbocycles. The Morgan fingerprint density at radius 1 is 0.846 bits per heavy atom. The fourth-order valence-corrected chi connectivity index (χ4v) is 5.69. The summed E-state index contributed by atoms with van der Waals surface area (Å²) in [7, 11) is 0. The highest BCUT2D eigenvalue weighted by Gasteiger charge is 2.42. The minimum absolute atomic E-state index is 0.0312. The highest BCUT2D eigenvalue weighted by molar-refractivity contribution is 5.82. The summed E-state index contributed by atoms with van der Waals surface area (Å²) < 4.78 is 5.22. The van der Waals surface area contributed by atoms with Gasteiger partial charge >= 0.3 is 5.97 Å². The summed E-state index contributed by atoms with van der Waals surface area (Å²) in [6.07, 6.45) is 3.59. The average Bonchev–Trinajstić information content (AvgIpc) is 2.98. The van der Waals surface area contributed by atoms with E-state index in [2.05, 4.69) is 0 Å². The predicted octanol–water partition coefficient (Wildman–Crippen LogP) is 6.02. The van der Waals surface area contributed by atoms with Gasteiger partial charge in [-0.1, -0.05) is 84.9 Å². The summed E-state index contributed by atoms with van der Waals surface area (Å²) in [5.74, 6) is -0.0155. The Morgan fingerprint density at radius 2 is 1.38 bits per heavy atom. The van der Waals surface area contributed by atoms with E-state index < -0.39 is 11.0 Å². The van der Waals surface area contributed by atoms with E-state index in [1.165, 1.54) is 0 Å². The second kappa shape index (κ2) is 12.6. The van der Waals surface area contributed by atoms with Crippen molar-refractivity contribution in [2.45, 2.75) is 63.9 Å². The first kappa shape index (κ1) is 28.6. The number of ether oxygens (including phenoxy) is 1. The summed E-state index contributed by atoms with van der Waals surface area (Å²) in [4.78, 5) is 27.3. The molecular weight excluding hydrogens is 486 g/mol. The molecule has 5 nitrogen and oxygen atoms in total. The third kappa shape index (κ3) is 6.42. The van der Waals surface area contributed by atoms with Crippen LogP contribution in [0.5, 0.6) is 0 Å². The van der Waals surface area contributed by atoms with E-state index in [0.717, 1.165) is 47.9 Å². The van der Waals surface area contributed by atoms with Crippen LogP contribution in [0.4, 0.5) is 0 Å². The molecule has 0 saturated carbocycles. The molecule has 0 spiro atoms. The summed E-state index contributed by atoms with van der Waals surface area (Å²) in [6, 6.07) is 27.8. The zero-order chi connectivity index (χ0) is 27.9. The monoisotopic (exact) mass is 527 g/mol. The van der Waals surface area contributed by atoms with Crippen LogP contribution in [-0.4, -0.2) is 41.6 Å². The number of aliphatic hydroxyl groups is 1. The molecule has 206 valence electrons. The third-order valence-corrected chi connectivity index (χ3v) is 8.18. The van der Waals surface area contributed by atoms with E-state index in [-0.39, 0.29) is 17.8 Å². The maximum absolute atomic E-state index is 13.0. The van der Waals surface area contributed by atoms with E-state index in [0.29, 0.717) is 26.1 Å². The van der Waals surface area contributed by atoms with Gasteiger partial charge in [0.15, 0.2) is 0 Å². The number of carbonyl (C=O) groups excluding carboxylic acids is 2. The molecule has 3 aromatic rings. The van der Waals surface area contributed by atoms with Gasteiger partial charge in [-0.25, -0.2) is 0 Å². The van der Waals surface area contributed by atoms with Crippen molar-refractivity contribution >= 4 is 11.9 Å². The van der Waals surface area contributed by atoms with Crippen molar-refractivity contribution in [2.75, 3.05) is 19.7 Å². The first-order chi connectivity index (χ1) is 18.8. The lowest BCUT2D eigenvalue weighted by molar-refractivity contribution is -0.148. The lowest BCUT2D eigenvalue weighted by Crippen LogP contribution is -2.46. The number of hydrogen-bond donors (Lipinski definition) is 1. The van der Waals surface area contributed by atoms with Crippen molar-refractivity contribution in [3.05, 3.63) is 107 Å². The Kier molecular flexibility index (Phi) is 9.24. The molecular formula is C34H41NO4. The van der Waals surface area contributed by atoms with Crippen molar-refractivity contribution in [3.8, 4) is 0 Å². The molecule has 0 bridgehead atoms. The smallest absolute Gasteiger partial charge is 0.315 e. The van der Waals surface area contributed by atoms with Crippen LogP contribution in [-0.2, 0) is 31.8 Å². The van der Waals surface area contributed by atoms with E-state index in [1.807, 2.05) is 111 Å². The number of carbonyl (C=O) groups is 2. The number of nitrogens with zero attached hydrogens (tertiary/aromatic N) is 1. The minimum atomic E-state index is -1.08. The van der Waals surface area contributed by atoms with Crippen LogP contribution >= 0.6 is 0 Å². The second-order valence-electron chi connectivity index (χ2n) is 11.0. The Balaban J connectivity index is 1.31. The van der Waals surface area contributed by atoms with E-state index in [1.54, 1.807) is 0 Å². The van der Waals surface area contributed by atoms with Gasteiger partial charge in [-0.05, 0) is 74.6 Å². The number of likely N-dealkylation sites (tertiary alicyclic amines) is 1. The van der Waals surface area contributed by atoms with Crippen LogP contribution in [0, 0.1) is 5.92 Å². The fraction of sp³-hybridized carbons (Fsp3) is 0.412. The fourth-order valence-electron chi connectivity index (χ4n) is 5.69. The maximum atomic E-state index is 13.0. The molecule has 1 aliphatic heterocycles. The van der Waals surface area contributed by atoms with Crippen LogP contribution in [0.3, 0.4) is 0 Å². The number of esters is 1. The molecule has 1 N–H and O–H groups in total. The molecule has 1 heterocycles. The quantitative estimate of drug-likeness (QED) is 0.327. The van der Waals surface area contributed by atoms with Crippen LogP contribution in [0.1, 0.15) is 68.7 Å². The average molecular weight is 528 g/mol. The lowest BCUT2D eigenvalue weighted by Gasteiger charge is -2.42. The van der Waals surface area contributed by atoms with Crippen molar-refractivity contribution < 1.29 is 19.4 Å². The number of aryl methyl sites for hydroxylation is 1. The van der Waals surface area contributed by atoms with Crippen LogP contribution in [0.2, 0.25) is 0 Å². The van der Waals surface area contributed by atoms with Gasteiger partial charge in [0.2, 0.25) is 5.91 Å². The number of piperidine rings is 1. The zero-order valence-electron chi connectivity index (χ0n) is 23.4. The number of hydrogen-bond acceptors (Lipinski definition) is 4. The van der Waals surface area contributed by atoms with Gasteiger partial charge in [-0.3, -0.25) is 9.59 Å². The Hall–Kier alpha value is -3.44. The van der Waals surface area contributed by atoms with E-state index >= 15 is 0 Å². The molecule has 1 aliphatic rings. The molecule has 39 heavy (non-hydrogen) atoms. The number of rotatable bonds is 10. The molecule has 3 aromatic carbocycles. The molecule has 1 fully saturated rings. The van der Waals surface area contributed by atoms with Crippen molar-refractivity contribution in [1.82, 2.24) is 4.90 Å². The standard InChI is InChI=1S/C34H41NO4/c1-4-39-32(37)33(2,3)27-20-18-26(19-21-27)12-11-17-31(36)35-24-22-30(23-25-35)34(38,28-13-7-5-8-14-28)29-15-9-6-10-16-29/h5-10,13-16,18-21,30,38H,4,11-12,17,22-25H2,1-3H3. The molecule has 0 radical (unpaired) electrons. The Bertz CT molecular complexity index is 1170. The van der Waals surface area contributed by atoms with Gasteiger partial charge in [-0.2, -0.15) is 0 Å². The van der Waals surface area contributed by atoms with Gasteiger partial charge < -0.3 is 14.7 Å². The lowest BCUT2D eigenvalue weighted by atomic mass is 9.72. The number of benzene rings is 3. The van der Waals surface area contributed by atoms with Gasteiger partial charge in [0.1, 0.15) is 5.60 Å². The highest BCUT2D eigenvalue weighted by Crippen LogP contribution is 2.42. The summed E-state index contributed by atoms with van der Waals surface area (Å²) in [5, 5.41) is 12.1. The highest BCUT2D eigenvalue weighted by atomic mass is 16.5. The largest absolute Gasteiger partial charge is 0.465 e. The van der Waals surface area contributed by atoms with E-state index in [9.17, 15) is 14.7 Å². The maximum Gasteiger partial charge on any atom is 0.315 e. The molecule has 0 aromatic heterocycles. The first-order valence-corrected chi connectivity index (χ1v) is 14.1. The molecule has 0 atom stereocenters. The first-order valence-electron chi connectivity index (χ1n) is 14.1. The number of amides is 1. The topological polar surface area (TPSA) is 66.8 Å². The molecule has 1 saturated heterocycles. The molecule has 5 heteroatoms. The van der Waals surface area contributed by atoms with Gasteiger partial charge in [-0.15, -0.1) is 0 Å². The van der Waals surface area contributed by atoms with Crippen LogP contribution in [0.25, 0.3) is 0 Å². The normalized spacial score (nSPS) is 14.7. The van der Waals surface area contributed by atoms with Crippen LogP contribution in [0.15, 0.2) is 84.9 Å². The predicted molar refractivity (Wildman–Crippen MR) is 154 cm³/mol. The summed E-state index contributed by atoms with van der Waals surface area (Å²) in [5.41, 5.74) is 2.11. The van der Waals surface area contributed by atoms with Crippen LogP contribution < -0.4 is 0 Å². The SMILES string of the molecule is CCOC(=O)C(C)(C)c1ccc(CCCC(=O)N2CCC(C(O)(c3ccccc3)c3ccccc3)CC2)cc1. The third-order valence-electron chi connectivity index (χ3n) is 8.18.